The molecule has 1 saturated heterocycles. The Labute approximate surface area is 172 Å². The van der Waals surface area contributed by atoms with E-state index < -0.39 is 9.84 Å². The third-order valence-corrected chi connectivity index (χ3v) is 6.85. The Hall–Kier alpha value is -2.39. The molecule has 1 aliphatic heterocycles. The van der Waals surface area contributed by atoms with Gasteiger partial charge in [-0.1, -0.05) is 25.1 Å². The third kappa shape index (κ3) is 5.36. The van der Waals surface area contributed by atoms with Crippen LogP contribution in [0.25, 0.3) is 0 Å². The van der Waals surface area contributed by atoms with Crippen LogP contribution in [0.15, 0.2) is 52.6 Å². The average Bonchev–Trinajstić information content (AvgIpc) is 3.18. The Morgan fingerprint density at radius 2 is 2.14 bits per heavy atom. The number of aromatic nitrogens is 2. The van der Waals surface area contributed by atoms with Crippen LogP contribution in [0.2, 0.25) is 0 Å². The van der Waals surface area contributed by atoms with E-state index in [9.17, 15) is 8.42 Å². The van der Waals surface area contributed by atoms with Crippen molar-refractivity contribution in [2.75, 3.05) is 32.5 Å². The molecule has 0 bridgehead atoms. The van der Waals surface area contributed by atoms with Gasteiger partial charge in [-0.25, -0.2) is 8.42 Å². The molecule has 8 nitrogen and oxygen atoms in total. The number of hydrogen-bond acceptors (Lipinski definition) is 5. The minimum atomic E-state index is -3.38. The van der Waals surface area contributed by atoms with Gasteiger partial charge in [0.05, 0.1) is 30.0 Å². The second-order valence-corrected chi connectivity index (χ2v) is 9.18. The zero-order valence-electron chi connectivity index (χ0n) is 17.2. The number of hydrogen-bond donors (Lipinski definition) is 1. The van der Waals surface area contributed by atoms with Crippen LogP contribution >= 0.6 is 0 Å². The fraction of sp³-hybridized carbons (Fsp3) is 0.500. The minimum Gasteiger partial charge on any atom is -0.370 e. The zero-order chi connectivity index (χ0) is 20.9. The van der Waals surface area contributed by atoms with E-state index in [0.717, 1.165) is 5.56 Å². The molecule has 0 radical (unpaired) electrons. The van der Waals surface area contributed by atoms with E-state index in [1.54, 1.807) is 36.0 Å². The zero-order valence-corrected chi connectivity index (χ0v) is 18.0. The largest absolute Gasteiger partial charge is 0.370 e. The van der Waals surface area contributed by atoms with Gasteiger partial charge in [0.25, 0.3) is 0 Å². The number of nitrogens with zero attached hydrogens (tertiary/aromatic N) is 4. The summed E-state index contributed by atoms with van der Waals surface area (Å²) in [4.78, 5) is 6.85. The number of benzene rings is 1. The van der Waals surface area contributed by atoms with E-state index in [1.165, 1.54) is 0 Å². The maximum Gasteiger partial charge on any atom is 0.194 e. The topological polar surface area (TPSA) is 88.8 Å². The van der Waals surface area contributed by atoms with Crippen molar-refractivity contribution in [3.05, 3.63) is 48.3 Å². The van der Waals surface area contributed by atoms with Gasteiger partial charge in [0, 0.05) is 38.4 Å². The van der Waals surface area contributed by atoms with Gasteiger partial charge in [0.15, 0.2) is 15.8 Å². The molecule has 29 heavy (non-hydrogen) atoms. The summed E-state index contributed by atoms with van der Waals surface area (Å²) in [5.74, 6) is 0.709. The highest BCUT2D eigenvalue weighted by Crippen LogP contribution is 2.22. The van der Waals surface area contributed by atoms with E-state index in [-0.39, 0.29) is 17.9 Å². The van der Waals surface area contributed by atoms with E-state index in [1.807, 2.05) is 32.4 Å². The first-order valence-corrected chi connectivity index (χ1v) is 11.4. The van der Waals surface area contributed by atoms with Crippen molar-refractivity contribution < 1.29 is 13.2 Å². The molecule has 1 N–H and O–H groups in total. The first kappa shape index (κ1) is 21.3. The first-order valence-electron chi connectivity index (χ1n) is 9.79. The Bertz CT molecular complexity index is 927. The molecule has 2 unspecified atom stereocenters. The van der Waals surface area contributed by atoms with Crippen molar-refractivity contribution >= 4 is 15.8 Å². The molecule has 0 spiro atoms. The molecule has 2 aromatic rings. The minimum absolute atomic E-state index is 0.0168. The van der Waals surface area contributed by atoms with Gasteiger partial charge in [-0.3, -0.25) is 9.67 Å². The molecule has 2 heterocycles. The Morgan fingerprint density at radius 3 is 2.76 bits per heavy atom. The monoisotopic (exact) mass is 419 g/mol. The predicted molar refractivity (Wildman–Crippen MR) is 113 cm³/mol. The summed E-state index contributed by atoms with van der Waals surface area (Å²) in [6.45, 7) is 3.87. The molecule has 3 rings (SSSR count). The van der Waals surface area contributed by atoms with Crippen LogP contribution in [0.5, 0.6) is 0 Å². The van der Waals surface area contributed by atoms with Crippen molar-refractivity contribution in [3.8, 4) is 0 Å². The van der Waals surface area contributed by atoms with Crippen LogP contribution in [-0.2, 0) is 21.6 Å². The second-order valence-electron chi connectivity index (χ2n) is 7.14. The number of sulfone groups is 1. The van der Waals surface area contributed by atoms with Crippen molar-refractivity contribution in [3.63, 3.8) is 0 Å². The van der Waals surface area contributed by atoms with Gasteiger partial charge in [-0.2, -0.15) is 5.10 Å². The molecule has 1 fully saturated rings. The SMILES string of the molecule is CCC(CS(=O)(=O)c1ccccc1)NC(=NC)N1CCOC(c2cnn(C)c2)C1. The van der Waals surface area contributed by atoms with Gasteiger partial charge in [0.1, 0.15) is 6.10 Å². The fourth-order valence-corrected chi connectivity index (χ4v) is 4.99. The van der Waals surface area contributed by atoms with Gasteiger partial charge >= 0.3 is 0 Å². The quantitative estimate of drug-likeness (QED) is 0.565. The lowest BCUT2D eigenvalue weighted by atomic mass is 10.1. The molecular weight excluding hydrogens is 390 g/mol. The summed E-state index contributed by atoms with van der Waals surface area (Å²) >= 11 is 0. The summed E-state index contributed by atoms with van der Waals surface area (Å²) < 4.78 is 33.2. The fourth-order valence-electron chi connectivity index (χ4n) is 3.38. The van der Waals surface area contributed by atoms with E-state index in [4.69, 9.17) is 4.74 Å². The lowest BCUT2D eigenvalue weighted by Crippen LogP contribution is -2.52. The number of aliphatic imine (C=N–C) groups is 1. The number of ether oxygens (including phenoxy) is 1. The molecule has 1 aliphatic rings. The van der Waals surface area contributed by atoms with Gasteiger partial charge in [-0.05, 0) is 18.6 Å². The molecule has 0 saturated carbocycles. The highest BCUT2D eigenvalue weighted by Gasteiger charge is 2.27. The summed E-state index contributed by atoms with van der Waals surface area (Å²) in [6.07, 6.45) is 4.34. The van der Waals surface area contributed by atoms with Crippen LogP contribution in [-0.4, -0.2) is 67.6 Å². The molecule has 0 aliphatic carbocycles. The standard InChI is InChI=1S/C20H29N5O3S/c1-4-17(15-29(26,27)18-8-6-5-7-9-18)23-20(21-2)25-10-11-28-19(14-25)16-12-22-24(3)13-16/h5-9,12-13,17,19H,4,10-11,14-15H2,1-3H3,(H,21,23). The van der Waals surface area contributed by atoms with Crippen molar-refractivity contribution in [2.24, 2.45) is 12.0 Å². The van der Waals surface area contributed by atoms with Crippen LogP contribution in [0.4, 0.5) is 0 Å². The Kier molecular flexibility index (Phi) is 6.92. The normalized spacial score (nSPS) is 19.2. The maximum absolute atomic E-state index is 12.8. The summed E-state index contributed by atoms with van der Waals surface area (Å²) in [5, 5.41) is 7.56. The van der Waals surface area contributed by atoms with Gasteiger partial charge < -0.3 is 15.0 Å². The van der Waals surface area contributed by atoms with Crippen LogP contribution < -0.4 is 5.32 Å². The molecule has 2 atom stereocenters. The van der Waals surface area contributed by atoms with Crippen molar-refractivity contribution in [1.82, 2.24) is 20.0 Å². The van der Waals surface area contributed by atoms with Crippen LogP contribution in [0, 0.1) is 0 Å². The molecule has 1 aromatic heterocycles. The summed E-state index contributed by atoms with van der Waals surface area (Å²) in [6, 6.07) is 8.33. The molecule has 9 heteroatoms. The summed E-state index contributed by atoms with van der Waals surface area (Å²) in [7, 11) is 0.217. The Balaban J connectivity index is 1.67. The smallest absolute Gasteiger partial charge is 0.194 e. The van der Waals surface area contributed by atoms with E-state index in [0.29, 0.717) is 37.0 Å². The number of guanidine groups is 1. The number of morpholine rings is 1. The molecule has 158 valence electrons. The molecule has 0 amide bonds. The highest BCUT2D eigenvalue weighted by molar-refractivity contribution is 7.91. The average molecular weight is 420 g/mol. The summed E-state index contributed by atoms with van der Waals surface area (Å²) in [5.41, 5.74) is 1.02. The lowest BCUT2D eigenvalue weighted by molar-refractivity contribution is -0.00819. The second kappa shape index (κ2) is 9.41. The van der Waals surface area contributed by atoms with E-state index >= 15 is 0 Å². The lowest BCUT2D eigenvalue weighted by Gasteiger charge is -2.36. The third-order valence-electron chi connectivity index (χ3n) is 5.02. The van der Waals surface area contributed by atoms with Crippen LogP contribution in [0.3, 0.4) is 0 Å². The van der Waals surface area contributed by atoms with Crippen molar-refractivity contribution in [2.45, 2.75) is 30.4 Å². The number of rotatable bonds is 6. The molecule has 1 aromatic carbocycles. The highest BCUT2D eigenvalue weighted by atomic mass is 32.2. The van der Waals surface area contributed by atoms with Gasteiger partial charge in [0.2, 0.25) is 0 Å². The van der Waals surface area contributed by atoms with E-state index in [2.05, 4.69) is 20.3 Å². The maximum atomic E-state index is 12.8. The van der Waals surface area contributed by atoms with Crippen LogP contribution in [0.1, 0.15) is 25.0 Å². The predicted octanol–water partition coefficient (Wildman–Crippen LogP) is 1.62. The molecular formula is C20H29N5O3S. The number of aryl methyl sites for hydroxylation is 1. The van der Waals surface area contributed by atoms with Gasteiger partial charge in [-0.15, -0.1) is 0 Å². The first-order chi connectivity index (χ1) is 13.9. The Morgan fingerprint density at radius 1 is 1.38 bits per heavy atom. The van der Waals surface area contributed by atoms with Crippen molar-refractivity contribution in [1.29, 1.82) is 0 Å². The number of nitrogens with one attached hydrogen (secondary N) is 1.